The second kappa shape index (κ2) is 7.94. The molecule has 32 heavy (non-hydrogen) atoms. The molecule has 1 saturated heterocycles. The highest BCUT2D eigenvalue weighted by molar-refractivity contribution is 6.33. The zero-order valence-electron chi connectivity index (χ0n) is 18.2. The van der Waals surface area contributed by atoms with E-state index in [1.54, 1.807) is 19.4 Å². The maximum atomic E-state index is 11.7. The number of halogens is 1. The fourth-order valence-electron chi connectivity index (χ4n) is 4.21. The van der Waals surface area contributed by atoms with Gasteiger partial charge in [-0.05, 0) is 37.1 Å². The smallest absolute Gasteiger partial charge is 0.219 e. The average Bonchev–Trinajstić information content (AvgIpc) is 3.46. The minimum Gasteiger partial charge on any atom is -0.354 e. The number of carbonyl (C=O) groups is 1. The van der Waals surface area contributed by atoms with Crippen molar-refractivity contribution in [3.63, 3.8) is 0 Å². The lowest BCUT2D eigenvalue weighted by Crippen LogP contribution is -2.37. The van der Waals surface area contributed by atoms with Gasteiger partial charge in [0.15, 0.2) is 11.5 Å². The van der Waals surface area contributed by atoms with E-state index in [0.717, 1.165) is 53.3 Å². The molecular weight excluding hydrogens is 426 g/mol. The largest absolute Gasteiger partial charge is 0.354 e. The molecule has 0 spiro atoms. The van der Waals surface area contributed by atoms with Gasteiger partial charge in [0.1, 0.15) is 23.2 Å². The maximum Gasteiger partial charge on any atom is 0.219 e. The number of nitrogens with one attached hydrogen (secondary N) is 1. The van der Waals surface area contributed by atoms with Crippen LogP contribution in [0.15, 0.2) is 42.9 Å². The molecule has 1 amide bonds. The molecule has 4 heterocycles. The van der Waals surface area contributed by atoms with Crippen LogP contribution in [0.5, 0.6) is 0 Å². The molecule has 9 heteroatoms. The second-order valence-electron chi connectivity index (χ2n) is 8.20. The monoisotopic (exact) mass is 449 g/mol. The molecular formula is C23H24ClN7O. The van der Waals surface area contributed by atoms with E-state index in [2.05, 4.69) is 15.2 Å². The number of carbonyl (C=O) groups excluding carboxylic acids is 1. The number of imidazole rings is 1. The predicted molar refractivity (Wildman–Crippen MR) is 127 cm³/mol. The van der Waals surface area contributed by atoms with E-state index in [0.29, 0.717) is 10.8 Å². The lowest BCUT2D eigenvalue weighted by molar-refractivity contribution is -0.129. The standard InChI is InChI=1S/C23H24ClN7O/c1-14-5-4-6-17(24)21(14)28-22-19-11-25-13-31(19)23-18(26-22)7-8-20(27-23)30-10-9-16(12-30)29(3)15(2)32/h4-8,11,13,16H,9-10,12H2,1-3H3,(H,26,28). The third-order valence-electron chi connectivity index (χ3n) is 6.18. The first-order valence-electron chi connectivity index (χ1n) is 10.6. The first-order chi connectivity index (χ1) is 15.4. The molecule has 3 aromatic heterocycles. The molecule has 8 nitrogen and oxygen atoms in total. The molecule has 0 aliphatic carbocycles. The summed E-state index contributed by atoms with van der Waals surface area (Å²) in [5.41, 5.74) is 4.16. The van der Waals surface area contributed by atoms with Gasteiger partial charge in [-0.15, -0.1) is 0 Å². The molecule has 1 aromatic carbocycles. The summed E-state index contributed by atoms with van der Waals surface area (Å²) in [4.78, 5) is 29.8. The normalized spacial score (nSPS) is 16.1. The number of aryl methyl sites for hydroxylation is 1. The van der Waals surface area contributed by atoms with Gasteiger partial charge in [-0.1, -0.05) is 23.7 Å². The van der Waals surface area contributed by atoms with E-state index in [4.69, 9.17) is 21.6 Å². The number of benzene rings is 1. The Labute approximate surface area is 190 Å². The third kappa shape index (κ3) is 3.50. The molecule has 0 bridgehead atoms. The average molecular weight is 450 g/mol. The van der Waals surface area contributed by atoms with Crippen molar-refractivity contribution >= 4 is 51.5 Å². The van der Waals surface area contributed by atoms with Crippen LogP contribution in [0.1, 0.15) is 18.9 Å². The molecule has 1 atom stereocenters. The van der Waals surface area contributed by atoms with Gasteiger partial charge >= 0.3 is 0 Å². The van der Waals surface area contributed by atoms with Crippen LogP contribution in [0.3, 0.4) is 0 Å². The summed E-state index contributed by atoms with van der Waals surface area (Å²) >= 11 is 6.41. The van der Waals surface area contributed by atoms with Gasteiger partial charge in [0.05, 0.1) is 22.9 Å². The van der Waals surface area contributed by atoms with E-state index in [1.165, 1.54) is 0 Å². The minimum absolute atomic E-state index is 0.0847. The van der Waals surface area contributed by atoms with E-state index < -0.39 is 0 Å². The molecule has 164 valence electrons. The number of hydrogen-bond acceptors (Lipinski definition) is 6. The molecule has 0 saturated carbocycles. The number of hydrogen-bond donors (Lipinski definition) is 1. The van der Waals surface area contributed by atoms with Crippen molar-refractivity contribution in [1.29, 1.82) is 0 Å². The van der Waals surface area contributed by atoms with Crippen LogP contribution >= 0.6 is 11.6 Å². The van der Waals surface area contributed by atoms with Gasteiger partial charge in [-0.25, -0.2) is 15.0 Å². The van der Waals surface area contributed by atoms with Crippen molar-refractivity contribution in [2.45, 2.75) is 26.3 Å². The number of likely N-dealkylation sites (N-methyl/N-ethyl adjacent to an activating group) is 1. The molecule has 1 aliphatic heterocycles. The second-order valence-corrected chi connectivity index (χ2v) is 8.60. The number of rotatable bonds is 4. The van der Waals surface area contributed by atoms with Crippen LogP contribution in [0, 0.1) is 6.92 Å². The first kappa shape index (κ1) is 20.5. The highest BCUT2D eigenvalue weighted by Gasteiger charge is 2.28. The minimum atomic E-state index is 0.0847. The molecule has 0 radical (unpaired) electrons. The number of nitrogens with zero attached hydrogens (tertiary/aromatic N) is 6. The van der Waals surface area contributed by atoms with Gasteiger partial charge in [-0.3, -0.25) is 9.20 Å². The first-order valence-corrected chi connectivity index (χ1v) is 10.9. The Hall–Kier alpha value is -3.39. The van der Waals surface area contributed by atoms with Gasteiger partial charge in [0, 0.05) is 27.1 Å². The number of fused-ring (bicyclic) bond motifs is 3. The van der Waals surface area contributed by atoms with E-state index >= 15 is 0 Å². The van der Waals surface area contributed by atoms with Crippen LogP contribution in [0.25, 0.3) is 16.7 Å². The molecule has 4 aromatic rings. The Balaban J connectivity index is 1.52. The van der Waals surface area contributed by atoms with Gasteiger partial charge in [0.2, 0.25) is 5.91 Å². The number of aromatic nitrogens is 4. The molecule has 1 fully saturated rings. The Morgan fingerprint density at radius 1 is 1.25 bits per heavy atom. The fourth-order valence-corrected chi connectivity index (χ4v) is 4.48. The van der Waals surface area contributed by atoms with Crippen molar-refractivity contribution < 1.29 is 4.79 Å². The highest BCUT2D eigenvalue weighted by Crippen LogP contribution is 2.31. The van der Waals surface area contributed by atoms with E-state index in [9.17, 15) is 4.79 Å². The molecule has 5 rings (SSSR count). The summed E-state index contributed by atoms with van der Waals surface area (Å²) in [6, 6.07) is 9.94. The Morgan fingerprint density at radius 2 is 2.09 bits per heavy atom. The van der Waals surface area contributed by atoms with Crippen LogP contribution in [-0.2, 0) is 4.79 Å². The van der Waals surface area contributed by atoms with Crippen molar-refractivity contribution in [3.05, 3.63) is 53.4 Å². The lowest BCUT2D eigenvalue weighted by atomic mass is 10.2. The highest BCUT2D eigenvalue weighted by atomic mass is 35.5. The number of anilines is 3. The topological polar surface area (TPSA) is 78.7 Å². The molecule has 1 aliphatic rings. The van der Waals surface area contributed by atoms with Crippen molar-refractivity contribution in [2.75, 3.05) is 30.4 Å². The molecule has 1 N–H and O–H groups in total. The lowest BCUT2D eigenvalue weighted by Gasteiger charge is -2.24. The maximum absolute atomic E-state index is 11.7. The fraction of sp³-hybridized carbons (Fsp3) is 0.304. The summed E-state index contributed by atoms with van der Waals surface area (Å²) in [5.74, 6) is 1.63. The van der Waals surface area contributed by atoms with Crippen LogP contribution in [0.2, 0.25) is 5.02 Å². The summed E-state index contributed by atoms with van der Waals surface area (Å²) < 4.78 is 1.94. The quantitative estimate of drug-likeness (QED) is 0.506. The van der Waals surface area contributed by atoms with Crippen LogP contribution in [0.4, 0.5) is 17.3 Å². The van der Waals surface area contributed by atoms with Crippen molar-refractivity contribution in [2.24, 2.45) is 0 Å². The number of amides is 1. The number of pyridine rings is 1. The van der Waals surface area contributed by atoms with Crippen molar-refractivity contribution in [1.82, 2.24) is 24.3 Å². The summed E-state index contributed by atoms with van der Waals surface area (Å²) in [6.45, 7) is 5.23. The van der Waals surface area contributed by atoms with Crippen LogP contribution in [-0.4, -0.2) is 56.3 Å². The number of para-hydroxylation sites is 1. The zero-order chi connectivity index (χ0) is 22.4. The van der Waals surface area contributed by atoms with Gasteiger partial charge < -0.3 is 15.1 Å². The Morgan fingerprint density at radius 3 is 2.88 bits per heavy atom. The predicted octanol–water partition coefficient (Wildman–Crippen LogP) is 4.04. The Bertz CT molecular complexity index is 1310. The summed E-state index contributed by atoms with van der Waals surface area (Å²) in [7, 11) is 1.86. The van der Waals surface area contributed by atoms with Gasteiger partial charge in [-0.2, -0.15) is 0 Å². The third-order valence-corrected chi connectivity index (χ3v) is 6.49. The van der Waals surface area contributed by atoms with Gasteiger partial charge in [0.25, 0.3) is 0 Å². The Kier molecular flexibility index (Phi) is 5.09. The SMILES string of the molecule is CC(=O)N(C)C1CCN(c2ccc3nc(Nc4c(C)cccc4Cl)c4cncn4c3n2)C1. The molecule has 1 unspecified atom stereocenters. The summed E-state index contributed by atoms with van der Waals surface area (Å²) in [5, 5.41) is 4.02. The van der Waals surface area contributed by atoms with E-state index in [-0.39, 0.29) is 11.9 Å². The van der Waals surface area contributed by atoms with Crippen molar-refractivity contribution in [3.8, 4) is 0 Å². The van der Waals surface area contributed by atoms with E-state index in [1.807, 2.05) is 53.6 Å². The zero-order valence-corrected chi connectivity index (χ0v) is 19.0. The van der Waals surface area contributed by atoms with Crippen LogP contribution < -0.4 is 10.2 Å². The summed E-state index contributed by atoms with van der Waals surface area (Å²) in [6.07, 6.45) is 4.44.